The molecule has 1 saturated heterocycles. The van der Waals surface area contributed by atoms with Gasteiger partial charge in [-0.2, -0.15) is 0 Å². The van der Waals surface area contributed by atoms with Crippen molar-refractivity contribution in [2.24, 2.45) is 5.92 Å². The van der Waals surface area contributed by atoms with Gasteiger partial charge >= 0.3 is 0 Å². The molecule has 1 heterocycles. The summed E-state index contributed by atoms with van der Waals surface area (Å²) in [4.78, 5) is 27.3. The van der Waals surface area contributed by atoms with Crippen LogP contribution in [-0.2, 0) is 0 Å². The molecule has 2 aromatic carbocycles. The van der Waals surface area contributed by atoms with Gasteiger partial charge in [0.15, 0.2) is 0 Å². The largest absolute Gasteiger partial charge is 0.339 e. The fraction of sp³-hybridized carbons (Fsp3) is 0.391. The van der Waals surface area contributed by atoms with E-state index >= 15 is 0 Å². The molecule has 5 nitrogen and oxygen atoms in total. The highest BCUT2D eigenvalue weighted by atomic mass is 35.5. The summed E-state index contributed by atoms with van der Waals surface area (Å²) in [7, 11) is 0. The second-order valence-corrected chi connectivity index (χ2v) is 7.39. The van der Waals surface area contributed by atoms with Gasteiger partial charge in [0, 0.05) is 29.9 Å². The molecular formula is C23H30ClN3O2. The summed E-state index contributed by atoms with van der Waals surface area (Å²) < 4.78 is 0. The molecule has 2 aromatic rings. The number of likely N-dealkylation sites (tertiary alicyclic amines) is 1. The molecular weight excluding hydrogens is 386 g/mol. The maximum atomic E-state index is 12.9. The first kappa shape index (κ1) is 22.9. The summed E-state index contributed by atoms with van der Waals surface area (Å²) in [5.74, 6) is 0.511. The predicted molar refractivity (Wildman–Crippen MR) is 120 cm³/mol. The fourth-order valence-electron chi connectivity index (χ4n) is 3.54. The number of hydrogen-bond donors (Lipinski definition) is 2. The molecule has 0 spiro atoms. The lowest BCUT2D eigenvalue weighted by Crippen LogP contribution is -2.40. The second-order valence-electron chi connectivity index (χ2n) is 7.39. The Bertz CT molecular complexity index is 818. The standard InChI is InChI=1S/C23H29N3O2.ClH/c1-3-24-16-18-11-13-26(14-12-18)23(28)20-10-9-17(2)21(15-20)25-22(27)19-7-5-4-6-8-19;/h4-10,15,18,24H,3,11-14,16H2,1-2H3,(H,25,27);1H. The van der Waals surface area contributed by atoms with Crippen LogP contribution >= 0.6 is 12.4 Å². The van der Waals surface area contributed by atoms with E-state index in [0.717, 1.165) is 44.6 Å². The Balaban J connectivity index is 0.00000300. The molecule has 156 valence electrons. The van der Waals surface area contributed by atoms with Crippen LogP contribution in [0, 0.1) is 12.8 Å². The number of carbonyl (C=O) groups is 2. The smallest absolute Gasteiger partial charge is 0.255 e. The van der Waals surface area contributed by atoms with Gasteiger partial charge in [0.05, 0.1) is 0 Å². The maximum absolute atomic E-state index is 12.9. The summed E-state index contributed by atoms with van der Waals surface area (Å²) in [5.41, 5.74) is 2.84. The Morgan fingerprint density at radius 1 is 1.03 bits per heavy atom. The molecule has 0 aromatic heterocycles. The van der Waals surface area contributed by atoms with Crippen molar-refractivity contribution < 1.29 is 9.59 Å². The van der Waals surface area contributed by atoms with Crippen LogP contribution < -0.4 is 10.6 Å². The lowest BCUT2D eigenvalue weighted by Gasteiger charge is -2.32. The minimum absolute atomic E-state index is 0. The SMILES string of the molecule is CCNCC1CCN(C(=O)c2ccc(C)c(NC(=O)c3ccccc3)c2)CC1.Cl. The van der Waals surface area contributed by atoms with Crippen LogP contribution in [0.25, 0.3) is 0 Å². The Morgan fingerprint density at radius 2 is 1.72 bits per heavy atom. The van der Waals surface area contributed by atoms with Gasteiger partial charge < -0.3 is 15.5 Å². The molecule has 0 aliphatic carbocycles. The number of piperidine rings is 1. The number of carbonyl (C=O) groups excluding carboxylic acids is 2. The molecule has 6 heteroatoms. The van der Waals surface area contributed by atoms with Gasteiger partial charge in [0.1, 0.15) is 0 Å². The first-order valence-corrected chi connectivity index (χ1v) is 10.1. The summed E-state index contributed by atoms with van der Waals surface area (Å²) in [5, 5.41) is 6.33. The second kappa shape index (κ2) is 11.0. The Hall–Kier alpha value is -2.37. The molecule has 2 amide bonds. The van der Waals surface area contributed by atoms with Crippen LogP contribution in [0.2, 0.25) is 0 Å². The number of benzene rings is 2. The Kier molecular flexibility index (Phi) is 8.68. The monoisotopic (exact) mass is 415 g/mol. The number of rotatable bonds is 6. The number of amides is 2. The van der Waals surface area contributed by atoms with E-state index < -0.39 is 0 Å². The molecule has 2 N–H and O–H groups in total. The fourth-order valence-corrected chi connectivity index (χ4v) is 3.54. The van der Waals surface area contributed by atoms with Crippen molar-refractivity contribution >= 4 is 29.9 Å². The molecule has 29 heavy (non-hydrogen) atoms. The number of halogens is 1. The van der Waals surface area contributed by atoms with Gasteiger partial charge in [-0.05, 0) is 68.6 Å². The summed E-state index contributed by atoms with van der Waals surface area (Å²) in [6.07, 6.45) is 2.06. The van der Waals surface area contributed by atoms with Gasteiger partial charge in [-0.1, -0.05) is 31.2 Å². The van der Waals surface area contributed by atoms with E-state index in [0.29, 0.717) is 22.7 Å². The van der Waals surface area contributed by atoms with Crippen molar-refractivity contribution in [3.8, 4) is 0 Å². The van der Waals surface area contributed by atoms with Crippen molar-refractivity contribution in [2.45, 2.75) is 26.7 Å². The van der Waals surface area contributed by atoms with E-state index in [2.05, 4.69) is 17.6 Å². The molecule has 1 aliphatic heterocycles. The molecule has 0 radical (unpaired) electrons. The molecule has 0 atom stereocenters. The quantitative estimate of drug-likeness (QED) is 0.745. The molecule has 0 unspecified atom stereocenters. The van der Waals surface area contributed by atoms with Gasteiger partial charge in [0.2, 0.25) is 0 Å². The zero-order chi connectivity index (χ0) is 19.9. The molecule has 0 bridgehead atoms. The normalized spacial score (nSPS) is 14.2. The van der Waals surface area contributed by atoms with E-state index in [1.165, 1.54) is 0 Å². The predicted octanol–water partition coefficient (Wildman–Crippen LogP) is 4.13. The van der Waals surface area contributed by atoms with Gasteiger partial charge in [0.25, 0.3) is 11.8 Å². The first-order valence-electron chi connectivity index (χ1n) is 10.1. The molecule has 1 fully saturated rings. The van der Waals surface area contributed by atoms with Crippen molar-refractivity contribution in [1.82, 2.24) is 10.2 Å². The average molecular weight is 416 g/mol. The van der Waals surface area contributed by atoms with Crippen LogP contribution in [0.4, 0.5) is 5.69 Å². The van der Waals surface area contributed by atoms with E-state index in [1.54, 1.807) is 18.2 Å². The topological polar surface area (TPSA) is 61.4 Å². The highest BCUT2D eigenvalue weighted by molar-refractivity contribution is 6.05. The van der Waals surface area contributed by atoms with Gasteiger partial charge in [-0.15, -0.1) is 12.4 Å². The molecule has 0 saturated carbocycles. The van der Waals surface area contributed by atoms with Crippen molar-refractivity contribution in [1.29, 1.82) is 0 Å². The van der Waals surface area contributed by atoms with E-state index in [1.807, 2.05) is 42.2 Å². The minimum atomic E-state index is -0.169. The lowest BCUT2D eigenvalue weighted by atomic mass is 9.96. The molecule has 3 rings (SSSR count). The molecule has 1 aliphatic rings. The zero-order valence-electron chi connectivity index (χ0n) is 17.1. The highest BCUT2D eigenvalue weighted by Gasteiger charge is 2.23. The Morgan fingerprint density at radius 3 is 2.38 bits per heavy atom. The third-order valence-electron chi connectivity index (χ3n) is 5.35. The van der Waals surface area contributed by atoms with E-state index in [-0.39, 0.29) is 24.2 Å². The van der Waals surface area contributed by atoms with Crippen LogP contribution in [0.1, 0.15) is 46.0 Å². The number of aryl methyl sites for hydroxylation is 1. The van der Waals surface area contributed by atoms with Gasteiger partial charge in [-0.25, -0.2) is 0 Å². The summed E-state index contributed by atoms with van der Waals surface area (Å²) in [6, 6.07) is 14.6. The third-order valence-corrected chi connectivity index (χ3v) is 5.35. The first-order chi connectivity index (χ1) is 13.6. The van der Waals surface area contributed by atoms with E-state index in [4.69, 9.17) is 0 Å². The van der Waals surface area contributed by atoms with Gasteiger partial charge in [-0.3, -0.25) is 9.59 Å². The van der Waals surface area contributed by atoms with Crippen LogP contribution in [0.3, 0.4) is 0 Å². The van der Waals surface area contributed by atoms with Crippen LogP contribution in [-0.4, -0.2) is 42.9 Å². The minimum Gasteiger partial charge on any atom is -0.339 e. The summed E-state index contributed by atoms with van der Waals surface area (Å²) in [6.45, 7) is 7.63. The van der Waals surface area contributed by atoms with Crippen molar-refractivity contribution in [2.75, 3.05) is 31.5 Å². The number of hydrogen-bond acceptors (Lipinski definition) is 3. The van der Waals surface area contributed by atoms with Crippen molar-refractivity contribution in [3.63, 3.8) is 0 Å². The number of nitrogens with zero attached hydrogens (tertiary/aromatic N) is 1. The lowest BCUT2D eigenvalue weighted by molar-refractivity contribution is 0.0690. The van der Waals surface area contributed by atoms with Crippen molar-refractivity contribution in [3.05, 3.63) is 65.2 Å². The maximum Gasteiger partial charge on any atom is 0.255 e. The summed E-state index contributed by atoms with van der Waals surface area (Å²) >= 11 is 0. The zero-order valence-corrected chi connectivity index (χ0v) is 17.9. The van der Waals surface area contributed by atoms with Crippen LogP contribution in [0.15, 0.2) is 48.5 Å². The average Bonchev–Trinajstić information content (AvgIpc) is 2.74. The third kappa shape index (κ3) is 6.05. The van der Waals surface area contributed by atoms with E-state index in [9.17, 15) is 9.59 Å². The highest BCUT2D eigenvalue weighted by Crippen LogP contribution is 2.22. The number of nitrogens with one attached hydrogen (secondary N) is 2. The Labute approximate surface area is 179 Å². The number of anilines is 1. The van der Waals surface area contributed by atoms with Crippen LogP contribution in [0.5, 0.6) is 0 Å².